The highest BCUT2D eigenvalue weighted by Crippen LogP contribution is 2.26. The fourth-order valence-corrected chi connectivity index (χ4v) is 1.71. The molecule has 1 rings (SSSR count). The number of ether oxygens (including phenoxy) is 1. The Morgan fingerprint density at radius 2 is 2.16 bits per heavy atom. The number of unbranched alkanes of at least 4 members (excludes halogenated alkanes) is 1. The van der Waals surface area contributed by atoms with E-state index in [0.717, 1.165) is 12.8 Å². The number of hydrogen-bond acceptors (Lipinski definition) is 3. The SMILES string of the molecule is CCCCNC(=O)COc1cc(C(=O)O)ccc1Br. The second-order valence-electron chi connectivity index (χ2n) is 3.94. The third-order valence-corrected chi connectivity index (χ3v) is 3.04. The molecular formula is C13H16BrNO4. The Hall–Kier alpha value is -1.56. The molecule has 0 saturated heterocycles. The fourth-order valence-electron chi connectivity index (χ4n) is 1.35. The van der Waals surface area contributed by atoms with Crippen molar-refractivity contribution < 1.29 is 19.4 Å². The van der Waals surface area contributed by atoms with E-state index >= 15 is 0 Å². The molecule has 19 heavy (non-hydrogen) atoms. The van der Waals surface area contributed by atoms with Gasteiger partial charge in [-0.3, -0.25) is 4.79 Å². The van der Waals surface area contributed by atoms with Crippen molar-refractivity contribution in [3.8, 4) is 5.75 Å². The van der Waals surface area contributed by atoms with Crippen LogP contribution in [0.1, 0.15) is 30.1 Å². The van der Waals surface area contributed by atoms with Crippen LogP contribution in [0.15, 0.2) is 22.7 Å². The predicted molar refractivity (Wildman–Crippen MR) is 74.5 cm³/mol. The van der Waals surface area contributed by atoms with Gasteiger partial charge in [-0.1, -0.05) is 13.3 Å². The van der Waals surface area contributed by atoms with Crippen LogP contribution in [0, 0.1) is 0 Å². The molecule has 104 valence electrons. The highest BCUT2D eigenvalue weighted by Gasteiger charge is 2.09. The van der Waals surface area contributed by atoms with Gasteiger partial charge in [0, 0.05) is 6.54 Å². The zero-order valence-corrected chi connectivity index (χ0v) is 12.2. The van der Waals surface area contributed by atoms with Gasteiger partial charge >= 0.3 is 5.97 Å². The number of carboxylic acids is 1. The zero-order valence-electron chi connectivity index (χ0n) is 10.6. The number of carbonyl (C=O) groups is 2. The molecule has 0 radical (unpaired) electrons. The van der Waals surface area contributed by atoms with Crippen molar-refractivity contribution in [2.24, 2.45) is 0 Å². The summed E-state index contributed by atoms with van der Waals surface area (Å²) in [6.45, 7) is 2.53. The normalized spacial score (nSPS) is 10.0. The first-order valence-electron chi connectivity index (χ1n) is 5.97. The van der Waals surface area contributed by atoms with Crippen molar-refractivity contribution in [3.63, 3.8) is 0 Å². The largest absolute Gasteiger partial charge is 0.483 e. The maximum atomic E-state index is 11.5. The minimum absolute atomic E-state index is 0.115. The summed E-state index contributed by atoms with van der Waals surface area (Å²) in [7, 11) is 0. The molecule has 0 aliphatic carbocycles. The Morgan fingerprint density at radius 1 is 1.42 bits per heavy atom. The molecule has 0 spiro atoms. The van der Waals surface area contributed by atoms with Crippen molar-refractivity contribution in [3.05, 3.63) is 28.2 Å². The first kappa shape index (κ1) is 15.5. The lowest BCUT2D eigenvalue weighted by molar-refractivity contribution is -0.123. The van der Waals surface area contributed by atoms with Gasteiger partial charge in [-0.05, 0) is 40.5 Å². The van der Waals surface area contributed by atoms with Gasteiger partial charge in [0.1, 0.15) is 5.75 Å². The van der Waals surface area contributed by atoms with Crippen molar-refractivity contribution in [1.29, 1.82) is 0 Å². The van der Waals surface area contributed by atoms with Crippen LogP contribution in [0.4, 0.5) is 0 Å². The van der Waals surface area contributed by atoms with Gasteiger partial charge < -0.3 is 15.2 Å². The average molecular weight is 330 g/mol. The summed E-state index contributed by atoms with van der Waals surface area (Å²) in [6.07, 6.45) is 1.93. The fraction of sp³-hybridized carbons (Fsp3) is 0.385. The van der Waals surface area contributed by atoms with Gasteiger partial charge in [0.2, 0.25) is 0 Å². The number of rotatable bonds is 7. The molecule has 1 amide bonds. The van der Waals surface area contributed by atoms with Crippen LogP contribution >= 0.6 is 15.9 Å². The van der Waals surface area contributed by atoms with E-state index in [1.165, 1.54) is 12.1 Å². The Bertz CT molecular complexity index is 462. The van der Waals surface area contributed by atoms with Crippen LogP contribution in [-0.2, 0) is 4.79 Å². The number of carboxylic acid groups (broad SMARTS) is 1. The first-order valence-corrected chi connectivity index (χ1v) is 6.76. The molecule has 6 heteroatoms. The molecular weight excluding hydrogens is 314 g/mol. The molecule has 0 aromatic heterocycles. The van der Waals surface area contributed by atoms with E-state index in [1.807, 2.05) is 6.92 Å². The number of halogens is 1. The summed E-state index contributed by atoms with van der Waals surface area (Å²) in [4.78, 5) is 22.3. The van der Waals surface area contributed by atoms with Crippen molar-refractivity contribution in [2.45, 2.75) is 19.8 Å². The quantitative estimate of drug-likeness (QED) is 0.753. The van der Waals surface area contributed by atoms with E-state index < -0.39 is 5.97 Å². The van der Waals surface area contributed by atoms with Crippen LogP contribution in [0.2, 0.25) is 0 Å². The number of carbonyl (C=O) groups excluding carboxylic acids is 1. The van der Waals surface area contributed by atoms with E-state index in [2.05, 4.69) is 21.2 Å². The Labute approximate surface area is 120 Å². The highest BCUT2D eigenvalue weighted by atomic mass is 79.9. The monoisotopic (exact) mass is 329 g/mol. The second kappa shape index (κ2) is 7.78. The Kier molecular flexibility index (Phi) is 6.35. The van der Waals surface area contributed by atoms with Crippen LogP contribution in [0.5, 0.6) is 5.75 Å². The van der Waals surface area contributed by atoms with Gasteiger partial charge in [-0.15, -0.1) is 0 Å². The molecule has 0 fully saturated rings. The molecule has 0 heterocycles. The van der Waals surface area contributed by atoms with Crippen LogP contribution in [0.25, 0.3) is 0 Å². The lowest BCUT2D eigenvalue weighted by atomic mass is 10.2. The third-order valence-electron chi connectivity index (χ3n) is 2.39. The number of nitrogens with one attached hydrogen (secondary N) is 1. The summed E-state index contributed by atoms with van der Waals surface area (Å²) >= 11 is 3.24. The predicted octanol–water partition coefficient (Wildman–Crippen LogP) is 2.44. The lowest BCUT2D eigenvalue weighted by Crippen LogP contribution is -2.29. The smallest absolute Gasteiger partial charge is 0.335 e. The number of hydrogen-bond donors (Lipinski definition) is 2. The highest BCUT2D eigenvalue weighted by molar-refractivity contribution is 9.10. The molecule has 0 atom stereocenters. The molecule has 0 bridgehead atoms. The summed E-state index contributed by atoms with van der Waals surface area (Å²) in [6, 6.07) is 4.42. The van der Waals surface area contributed by atoms with Gasteiger partial charge in [-0.25, -0.2) is 4.79 Å². The number of amides is 1. The van der Waals surface area contributed by atoms with Crippen molar-refractivity contribution in [1.82, 2.24) is 5.32 Å². The lowest BCUT2D eigenvalue weighted by Gasteiger charge is -2.09. The molecule has 5 nitrogen and oxygen atoms in total. The van der Waals surface area contributed by atoms with E-state index in [1.54, 1.807) is 6.07 Å². The maximum absolute atomic E-state index is 11.5. The molecule has 0 aliphatic heterocycles. The van der Waals surface area contributed by atoms with Crippen molar-refractivity contribution in [2.75, 3.05) is 13.2 Å². The van der Waals surface area contributed by atoms with Crippen LogP contribution < -0.4 is 10.1 Å². The summed E-state index contributed by atoms with van der Waals surface area (Å²) in [5, 5.41) is 11.6. The topological polar surface area (TPSA) is 75.6 Å². The summed E-state index contributed by atoms with van der Waals surface area (Å²) < 4.78 is 5.91. The molecule has 1 aromatic carbocycles. The average Bonchev–Trinajstić information content (AvgIpc) is 2.37. The van der Waals surface area contributed by atoms with Crippen molar-refractivity contribution >= 4 is 27.8 Å². The number of aromatic carboxylic acids is 1. The van der Waals surface area contributed by atoms with E-state index in [4.69, 9.17) is 9.84 Å². The molecule has 1 aromatic rings. The standard InChI is InChI=1S/C13H16BrNO4/c1-2-3-6-15-12(16)8-19-11-7-9(13(17)18)4-5-10(11)14/h4-5,7H,2-3,6,8H2,1H3,(H,15,16)(H,17,18). The van der Waals surface area contributed by atoms with Crippen LogP contribution in [0.3, 0.4) is 0 Å². The minimum atomic E-state index is -1.04. The number of benzene rings is 1. The van der Waals surface area contributed by atoms with Gasteiger partial charge in [0.15, 0.2) is 6.61 Å². The first-order chi connectivity index (χ1) is 9.04. The van der Waals surface area contributed by atoms with Crippen LogP contribution in [-0.4, -0.2) is 30.1 Å². The zero-order chi connectivity index (χ0) is 14.3. The molecule has 0 aliphatic rings. The molecule has 2 N–H and O–H groups in total. The molecule has 0 saturated carbocycles. The summed E-state index contributed by atoms with van der Waals surface area (Å²) in [5.74, 6) is -0.920. The Morgan fingerprint density at radius 3 is 2.79 bits per heavy atom. The Balaban J connectivity index is 2.54. The maximum Gasteiger partial charge on any atom is 0.335 e. The van der Waals surface area contributed by atoms with Gasteiger partial charge in [0.05, 0.1) is 10.0 Å². The second-order valence-corrected chi connectivity index (χ2v) is 4.80. The van der Waals surface area contributed by atoms with E-state index in [-0.39, 0.29) is 18.1 Å². The van der Waals surface area contributed by atoms with Gasteiger partial charge in [0.25, 0.3) is 5.91 Å². The van der Waals surface area contributed by atoms with Gasteiger partial charge in [-0.2, -0.15) is 0 Å². The van der Waals surface area contributed by atoms with E-state index in [9.17, 15) is 9.59 Å². The molecule has 0 unspecified atom stereocenters. The van der Waals surface area contributed by atoms with E-state index in [0.29, 0.717) is 16.8 Å². The summed E-state index contributed by atoms with van der Waals surface area (Å²) in [5.41, 5.74) is 0.115. The third kappa shape index (κ3) is 5.30. The minimum Gasteiger partial charge on any atom is -0.483 e.